The summed E-state index contributed by atoms with van der Waals surface area (Å²) in [6, 6.07) is 5.92. The van der Waals surface area contributed by atoms with Crippen molar-refractivity contribution >= 4 is 5.91 Å². The number of rotatable bonds is 2. The molecule has 1 saturated heterocycles. The Labute approximate surface area is 115 Å². The van der Waals surface area contributed by atoms with E-state index in [1.807, 2.05) is 36.9 Å². The van der Waals surface area contributed by atoms with Gasteiger partial charge < -0.3 is 10.0 Å². The van der Waals surface area contributed by atoms with Crippen LogP contribution in [0.1, 0.15) is 41.3 Å². The van der Waals surface area contributed by atoms with Gasteiger partial charge in [-0.05, 0) is 44.2 Å². The fraction of sp³-hybridized carbons (Fsp3) is 0.562. The molecule has 19 heavy (non-hydrogen) atoms. The van der Waals surface area contributed by atoms with Gasteiger partial charge in [0.25, 0.3) is 5.91 Å². The molecule has 0 spiro atoms. The van der Waals surface area contributed by atoms with Crippen molar-refractivity contribution in [3.63, 3.8) is 0 Å². The second kappa shape index (κ2) is 5.74. The van der Waals surface area contributed by atoms with Crippen LogP contribution in [-0.2, 0) is 0 Å². The average Bonchev–Trinajstić information content (AvgIpc) is 2.40. The molecule has 3 nitrogen and oxygen atoms in total. The van der Waals surface area contributed by atoms with Crippen molar-refractivity contribution in [3.8, 4) is 0 Å². The maximum absolute atomic E-state index is 12.7. The number of hydrogen-bond donors (Lipinski definition) is 1. The SMILES string of the molecule is Cc1ccc(C)c(C(=O)N2CCC[C@H](C)[C@@H]2CO)c1. The number of carbonyl (C=O) groups is 1. The second-order valence-electron chi connectivity index (χ2n) is 5.69. The van der Waals surface area contributed by atoms with E-state index in [4.69, 9.17) is 0 Å². The third-order valence-corrected chi connectivity index (χ3v) is 4.19. The van der Waals surface area contributed by atoms with Crippen LogP contribution in [0.4, 0.5) is 0 Å². The molecule has 1 aliphatic rings. The van der Waals surface area contributed by atoms with Gasteiger partial charge in [0.15, 0.2) is 0 Å². The maximum atomic E-state index is 12.7. The molecule has 104 valence electrons. The highest BCUT2D eigenvalue weighted by molar-refractivity contribution is 5.96. The van der Waals surface area contributed by atoms with Gasteiger partial charge in [-0.1, -0.05) is 24.6 Å². The van der Waals surface area contributed by atoms with Gasteiger partial charge in [-0.15, -0.1) is 0 Å². The predicted octanol–water partition coefficient (Wildman–Crippen LogP) is 2.54. The van der Waals surface area contributed by atoms with Crippen molar-refractivity contribution in [2.45, 2.75) is 39.7 Å². The Hall–Kier alpha value is -1.35. The fourth-order valence-corrected chi connectivity index (χ4v) is 2.90. The van der Waals surface area contributed by atoms with Gasteiger partial charge in [-0.3, -0.25) is 4.79 Å². The van der Waals surface area contributed by atoms with Crippen LogP contribution in [0.15, 0.2) is 18.2 Å². The van der Waals surface area contributed by atoms with Crippen LogP contribution >= 0.6 is 0 Å². The number of aryl methyl sites for hydroxylation is 2. The van der Waals surface area contributed by atoms with E-state index in [1.54, 1.807) is 0 Å². The number of aliphatic hydroxyl groups is 1. The summed E-state index contributed by atoms with van der Waals surface area (Å²) in [5.74, 6) is 0.430. The van der Waals surface area contributed by atoms with Crippen molar-refractivity contribution in [3.05, 3.63) is 34.9 Å². The highest BCUT2D eigenvalue weighted by Crippen LogP contribution is 2.25. The molecule has 2 rings (SSSR count). The summed E-state index contributed by atoms with van der Waals surface area (Å²) >= 11 is 0. The number of aliphatic hydroxyl groups excluding tert-OH is 1. The molecule has 1 aliphatic heterocycles. The Morgan fingerprint density at radius 1 is 1.42 bits per heavy atom. The zero-order valence-electron chi connectivity index (χ0n) is 12.0. The van der Waals surface area contributed by atoms with E-state index in [-0.39, 0.29) is 18.6 Å². The Balaban J connectivity index is 2.29. The summed E-state index contributed by atoms with van der Waals surface area (Å²) in [6.45, 7) is 6.88. The zero-order chi connectivity index (χ0) is 14.0. The van der Waals surface area contributed by atoms with Crippen LogP contribution in [0, 0.1) is 19.8 Å². The minimum Gasteiger partial charge on any atom is -0.394 e. The van der Waals surface area contributed by atoms with Gasteiger partial charge in [0.05, 0.1) is 12.6 Å². The summed E-state index contributed by atoms with van der Waals surface area (Å²) in [6.07, 6.45) is 2.11. The van der Waals surface area contributed by atoms with Crippen molar-refractivity contribution in [1.29, 1.82) is 0 Å². The molecular formula is C16H23NO2. The molecular weight excluding hydrogens is 238 g/mol. The standard InChI is InChI=1S/C16H23NO2/c1-11-6-7-12(2)14(9-11)16(19)17-8-4-5-13(3)15(17)10-18/h6-7,9,13,15,18H,4-5,8,10H2,1-3H3/t13-,15-/m0/s1. The Morgan fingerprint density at radius 3 is 2.84 bits per heavy atom. The van der Waals surface area contributed by atoms with Crippen LogP contribution in [0.2, 0.25) is 0 Å². The zero-order valence-corrected chi connectivity index (χ0v) is 12.0. The molecule has 0 saturated carbocycles. The first-order chi connectivity index (χ1) is 9.04. The maximum Gasteiger partial charge on any atom is 0.254 e. The van der Waals surface area contributed by atoms with E-state index in [9.17, 15) is 9.90 Å². The van der Waals surface area contributed by atoms with Crippen molar-refractivity contribution in [1.82, 2.24) is 4.90 Å². The van der Waals surface area contributed by atoms with Crippen molar-refractivity contribution < 1.29 is 9.90 Å². The second-order valence-corrected chi connectivity index (χ2v) is 5.69. The molecule has 0 unspecified atom stereocenters. The minimum atomic E-state index is -0.0406. The van der Waals surface area contributed by atoms with E-state index < -0.39 is 0 Å². The van der Waals surface area contributed by atoms with E-state index in [2.05, 4.69) is 6.92 Å². The minimum absolute atomic E-state index is 0.0406. The molecule has 1 amide bonds. The number of carbonyl (C=O) groups excluding carboxylic acids is 1. The molecule has 1 aromatic carbocycles. The predicted molar refractivity (Wildman–Crippen MR) is 76.2 cm³/mol. The van der Waals surface area contributed by atoms with Crippen LogP contribution in [0.5, 0.6) is 0 Å². The lowest BCUT2D eigenvalue weighted by Crippen LogP contribution is -2.49. The Bertz CT molecular complexity index is 470. The number of hydrogen-bond acceptors (Lipinski definition) is 2. The first-order valence-electron chi connectivity index (χ1n) is 7.03. The van der Waals surface area contributed by atoms with Crippen molar-refractivity contribution in [2.24, 2.45) is 5.92 Å². The first kappa shape index (κ1) is 14.1. The summed E-state index contributed by atoms with van der Waals surface area (Å²) in [4.78, 5) is 14.6. The number of likely N-dealkylation sites (tertiary alicyclic amines) is 1. The molecule has 0 aromatic heterocycles. The Kier molecular flexibility index (Phi) is 4.25. The third kappa shape index (κ3) is 2.81. The highest BCUT2D eigenvalue weighted by Gasteiger charge is 2.32. The van der Waals surface area contributed by atoms with Gasteiger partial charge in [0, 0.05) is 12.1 Å². The van der Waals surface area contributed by atoms with Gasteiger partial charge in [0.2, 0.25) is 0 Å². The number of nitrogens with zero attached hydrogens (tertiary/aromatic N) is 1. The molecule has 1 fully saturated rings. The quantitative estimate of drug-likeness (QED) is 0.888. The number of piperidine rings is 1. The smallest absolute Gasteiger partial charge is 0.254 e. The van der Waals surface area contributed by atoms with Crippen LogP contribution < -0.4 is 0 Å². The first-order valence-corrected chi connectivity index (χ1v) is 7.03. The van der Waals surface area contributed by atoms with Gasteiger partial charge in [0.1, 0.15) is 0 Å². The van der Waals surface area contributed by atoms with Crippen LogP contribution in [0.3, 0.4) is 0 Å². The Morgan fingerprint density at radius 2 is 2.16 bits per heavy atom. The lowest BCUT2D eigenvalue weighted by molar-refractivity contribution is 0.0357. The molecule has 0 aliphatic carbocycles. The fourth-order valence-electron chi connectivity index (χ4n) is 2.90. The molecule has 1 aromatic rings. The summed E-state index contributed by atoms with van der Waals surface area (Å²) in [5.41, 5.74) is 2.87. The molecule has 1 heterocycles. The number of amides is 1. The van der Waals surface area contributed by atoms with Crippen molar-refractivity contribution in [2.75, 3.05) is 13.2 Å². The van der Waals surface area contributed by atoms with Gasteiger partial charge in [-0.2, -0.15) is 0 Å². The molecule has 3 heteroatoms. The largest absolute Gasteiger partial charge is 0.394 e. The lowest BCUT2D eigenvalue weighted by atomic mass is 9.90. The van der Waals surface area contributed by atoms with Gasteiger partial charge in [-0.25, -0.2) is 0 Å². The van der Waals surface area contributed by atoms with E-state index in [0.29, 0.717) is 5.92 Å². The molecule has 0 radical (unpaired) electrons. The molecule has 1 N–H and O–H groups in total. The normalized spacial score (nSPS) is 23.5. The van der Waals surface area contributed by atoms with E-state index in [1.165, 1.54) is 0 Å². The summed E-state index contributed by atoms with van der Waals surface area (Å²) < 4.78 is 0. The number of benzene rings is 1. The topological polar surface area (TPSA) is 40.5 Å². The van der Waals surface area contributed by atoms with Gasteiger partial charge >= 0.3 is 0 Å². The van der Waals surface area contributed by atoms with Crippen LogP contribution in [-0.4, -0.2) is 35.1 Å². The molecule has 0 bridgehead atoms. The average molecular weight is 261 g/mol. The van der Waals surface area contributed by atoms with E-state index in [0.717, 1.165) is 36.1 Å². The third-order valence-electron chi connectivity index (χ3n) is 4.19. The van der Waals surface area contributed by atoms with E-state index >= 15 is 0 Å². The monoisotopic (exact) mass is 261 g/mol. The highest BCUT2D eigenvalue weighted by atomic mass is 16.3. The van der Waals surface area contributed by atoms with Crippen LogP contribution in [0.25, 0.3) is 0 Å². The molecule has 2 atom stereocenters. The summed E-state index contributed by atoms with van der Waals surface area (Å²) in [7, 11) is 0. The lowest BCUT2D eigenvalue weighted by Gasteiger charge is -2.39. The summed E-state index contributed by atoms with van der Waals surface area (Å²) in [5, 5.41) is 9.56.